The summed E-state index contributed by atoms with van der Waals surface area (Å²) < 4.78 is 33.0. The van der Waals surface area contributed by atoms with Gasteiger partial charge in [0.15, 0.2) is 6.10 Å². The normalized spacial score (nSPS) is 13.9. The van der Waals surface area contributed by atoms with Crippen LogP contribution in [0, 0.1) is 0 Å². The predicted octanol–water partition coefficient (Wildman–Crippen LogP) is 19.6. The number of carbonyl (C=O) groups excluding carboxylic acids is 2. The smallest absolute Gasteiger partial charge is 0.462 e. The molecule has 9 nitrogen and oxygen atoms in total. The van der Waals surface area contributed by atoms with Gasteiger partial charge in [0, 0.05) is 19.4 Å². The molecule has 0 spiro atoms. The second kappa shape index (κ2) is 60.6. The maximum atomic E-state index is 12.7. The maximum Gasteiger partial charge on any atom is 0.472 e. The minimum atomic E-state index is -4.40. The third-order valence-electron chi connectivity index (χ3n) is 12.6. The Bertz CT molecular complexity index is 1660. The van der Waals surface area contributed by atoms with Crippen molar-refractivity contribution in [1.82, 2.24) is 0 Å². The lowest BCUT2D eigenvalue weighted by Crippen LogP contribution is -2.29. The SMILES string of the molecule is CC/C=C\C/C=C\C/C=C\C/C=C\C/C=C\C/C=C\C/C=C\C/C=C\CCCCCCCCCCCCCCCCC(=O)OC(COC(=O)CCCCCCC/C=C\C/C=C\CCCCCC)COP(=O)(O)OCCN. The molecule has 0 rings (SSSR count). The average molecular weight is 1080 g/mol. The molecule has 434 valence electrons. The highest BCUT2D eigenvalue weighted by atomic mass is 31.2. The van der Waals surface area contributed by atoms with Crippen molar-refractivity contribution in [2.45, 2.75) is 258 Å². The molecule has 0 aromatic rings. The van der Waals surface area contributed by atoms with Crippen LogP contribution in [0.3, 0.4) is 0 Å². The molecule has 0 bridgehead atoms. The van der Waals surface area contributed by atoms with E-state index >= 15 is 0 Å². The van der Waals surface area contributed by atoms with Crippen LogP contribution in [0.1, 0.15) is 251 Å². The van der Waals surface area contributed by atoms with Crippen molar-refractivity contribution in [3.05, 3.63) is 122 Å². The number of hydrogen-bond donors (Lipinski definition) is 2. The van der Waals surface area contributed by atoms with E-state index in [1.165, 1.54) is 103 Å². The van der Waals surface area contributed by atoms with Crippen LogP contribution in [-0.4, -0.2) is 49.3 Å². The quantitative estimate of drug-likeness (QED) is 0.0264. The fraction of sp³-hybridized carbons (Fsp3) is 0.667. The number of nitrogens with two attached hydrogens (primary N) is 1. The topological polar surface area (TPSA) is 134 Å². The second-order valence-corrected chi connectivity index (χ2v) is 21.3. The van der Waals surface area contributed by atoms with Crippen molar-refractivity contribution in [2.75, 3.05) is 26.4 Å². The molecule has 0 aromatic carbocycles. The Hall–Kier alpha value is -3.59. The molecule has 10 heteroatoms. The van der Waals surface area contributed by atoms with E-state index in [4.69, 9.17) is 24.3 Å². The standard InChI is InChI=1S/C66H112NO8P/c1-3-5-7-9-11-13-15-17-19-21-22-23-24-25-26-27-28-29-30-31-32-33-34-35-36-37-38-39-40-41-42-43-45-47-49-51-53-55-57-59-66(69)75-64(63-74-76(70,71)73-61-60-67)62-72-65(68)58-56-54-52-50-48-46-44-20-18-16-14-12-10-8-6-4-2/h5,7,11,13-14,16-17,19-20,22-23,25-26,28-29,31-32,34-35,44,64H,3-4,6,8-10,12,15,18,21,24,27,30,33,36-43,45-63,67H2,1-2H3,(H,70,71)/b7-5-,13-11-,16-14-,19-17-,23-22-,26-25-,29-28-,32-31-,35-34-,44-20-. The molecule has 0 radical (unpaired) electrons. The van der Waals surface area contributed by atoms with Crippen LogP contribution in [0.15, 0.2) is 122 Å². The summed E-state index contributed by atoms with van der Waals surface area (Å²) in [5.41, 5.74) is 5.38. The van der Waals surface area contributed by atoms with Crippen molar-refractivity contribution in [2.24, 2.45) is 5.73 Å². The van der Waals surface area contributed by atoms with Gasteiger partial charge in [0.1, 0.15) is 6.61 Å². The lowest BCUT2D eigenvalue weighted by molar-refractivity contribution is -0.161. The Balaban J connectivity index is 3.92. The van der Waals surface area contributed by atoms with Gasteiger partial charge in [0.25, 0.3) is 0 Å². The Kier molecular flexibility index (Phi) is 57.8. The van der Waals surface area contributed by atoms with Crippen molar-refractivity contribution >= 4 is 19.8 Å². The van der Waals surface area contributed by atoms with Gasteiger partial charge in [0.2, 0.25) is 0 Å². The minimum absolute atomic E-state index is 0.0470. The number of carbonyl (C=O) groups is 2. The molecule has 0 saturated heterocycles. The molecule has 0 saturated carbocycles. The Morgan fingerprint density at radius 3 is 1.08 bits per heavy atom. The lowest BCUT2D eigenvalue weighted by Gasteiger charge is -2.19. The summed E-state index contributed by atoms with van der Waals surface area (Å²) in [7, 11) is -4.40. The highest BCUT2D eigenvalue weighted by Crippen LogP contribution is 2.43. The third-order valence-corrected chi connectivity index (χ3v) is 13.6. The van der Waals surface area contributed by atoms with Crippen LogP contribution in [0.25, 0.3) is 0 Å². The molecular weight excluding hydrogens is 966 g/mol. The van der Waals surface area contributed by atoms with Gasteiger partial charge in [-0.2, -0.15) is 0 Å². The van der Waals surface area contributed by atoms with Gasteiger partial charge >= 0.3 is 19.8 Å². The number of phosphoric acid groups is 1. The number of esters is 2. The molecule has 76 heavy (non-hydrogen) atoms. The van der Waals surface area contributed by atoms with Crippen LogP contribution < -0.4 is 5.73 Å². The van der Waals surface area contributed by atoms with Crippen molar-refractivity contribution in [1.29, 1.82) is 0 Å². The van der Waals surface area contributed by atoms with Gasteiger partial charge in [-0.15, -0.1) is 0 Å². The molecule has 0 amide bonds. The summed E-state index contributed by atoms with van der Waals surface area (Å²) in [5.74, 6) is -0.846. The molecule has 0 aliphatic heterocycles. The highest BCUT2D eigenvalue weighted by Gasteiger charge is 2.26. The zero-order valence-electron chi connectivity index (χ0n) is 48.4. The minimum Gasteiger partial charge on any atom is -0.462 e. The fourth-order valence-electron chi connectivity index (χ4n) is 8.09. The number of rotatable bonds is 56. The van der Waals surface area contributed by atoms with E-state index in [0.717, 1.165) is 109 Å². The largest absolute Gasteiger partial charge is 0.472 e. The summed E-state index contributed by atoms with van der Waals surface area (Å²) in [4.78, 5) is 35.2. The fourth-order valence-corrected chi connectivity index (χ4v) is 8.86. The van der Waals surface area contributed by atoms with Crippen LogP contribution in [0.5, 0.6) is 0 Å². The van der Waals surface area contributed by atoms with Crippen molar-refractivity contribution in [3.8, 4) is 0 Å². The average Bonchev–Trinajstić information content (AvgIpc) is 3.41. The molecule has 0 fully saturated rings. The Morgan fingerprint density at radius 2 is 0.724 bits per heavy atom. The molecular formula is C66H112NO8P. The highest BCUT2D eigenvalue weighted by molar-refractivity contribution is 7.47. The van der Waals surface area contributed by atoms with Gasteiger partial charge in [-0.25, -0.2) is 4.57 Å². The van der Waals surface area contributed by atoms with E-state index in [2.05, 4.69) is 135 Å². The van der Waals surface area contributed by atoms with E-state index < -0.39 is 32.5 Å². The lowest BCUT2D eigenvalue weighted by atomic mass is 10.0. The van der Waals surface area contributed by atoms with E-state index in [1.54, 1.807) is 0 Å². The predicted molar refractivity (Wildman–Crippen MR) is 325 cm³/mol. The number of allylic oxidation sites excluding steroid dienone is 20. The molecule has 0 heterocycles. The summed E-state index contributed by atoms with van der Waals surface area (Å²) >= 11 is 0. The van der Waals surface area contributed by atoms with Crippen molar-refractivity contribution in [3.63, 3.8) is 0 Å². The van der Waals surface area contributed by atoms with Crippen LogP contribution >= 0.6 is 7.82 Å². The second-order valence-electron chi connectivity index (χ2n) is 19.8. The zero-order valence-corrected chi connectivity index (χ0v) is 49.3. The third kappa shape index (κ3) is 59.7. The number of hydrogen-bond acceptors (Lipinski definition) is 8. The van der Waals surface area contributed by atoms with E-state index in [1.807, 2.05) is 0 Å². The first kappa shape index (κ1) is 72.4. The zero-order chi connectivity index (χ0) is 55.2. The van der Waals surface area contributed by atoms with Gasteiger partial charge in [-0.3, -0.25) is 18.6 Å². The van der Waals surface area contributed by atoms with E-state index in [9.17, 15) is 19.0 Å². The van der Waals surface area contributed by atoms with Gasteiger partial charge in [-0.05, 0) is 109 Å². The molecule has 0 aromatic heterocycles. The number of phosphoric ester groups is 1. The summed E-state index contributed by atoms with van der Waals surface area (Å²) in [6.45, 7) is 3.59. The van der Waals surface area contributed by atoms with Crippen LogP contribution in [0.2, 0.25) is 0 Å². The monoisotopic (exact) mass is 1080 g/mol. The number of ether oxygens (including phenoxy) is 2. The van der Waals surface area contributed by atoms with Crippen LogP contribution in [0.4, 0.5) is 0 Å². The first-order chi connectivity index (χ1) is 37.3. The first-order valence-corrected chi connectivity index (χ1v) is 32.0. The molecule has 2 unspecified atom stereocenters. The molecule has 0 aliphatic rings. The molecule has 0 aliphatic carbocycles. The number of unbranched alkanes of at least 4 members (excludes halogenated alkanes) is 23. The van der Waals surface area contributed by atoms with E-state index in [0.29, 0.717) is 12.8 Å². The Morgan fingerprint density at radius 1 is 0.408 bits per heavy atom. The van der Waals surface area contributed by atoms with Gasteiger partial charge in [-0.1, -0.05) is 251 Å². The molecule has 3 N–H and O–H groups in total. The summed E-state index contributed by atoms with van der Waals surface area (Å²) in [6.07, 6.45) is 84.1. The van der Waals surface area contributed by atoms with Crippen molar-refractivity contribution < 1.29 is 37.6 Å². The first-order valence-electron chi connectivity index (χ1n) is 30.5. The van der Waals surface area contributed by atoms with E-state index in [-0.39, 0.29) is 32.6 Å². The van der Waals surface area contributed by atoms with Gasteiger partial charge < -0.3 is 20.1 Å². The molecule has 2 atom stereocenters. The Labute approximate surface area is 466 Å². The van der Waals surface area contributed by atoms with Crippen LogP contribution in [-0.2, 0) is 32.7 Å². The van der Waals surface area contributed by atoms with Gasteiger partial charge in [0.05, 0.1) is 13.2 Å². The summed E-state index contributed by atoms with van der Waals surface area (Å²) in [5, 5.41) is 0. The summed E-state index contributed by atoms with van der Waals surface area (Å²) in [6, 6.07) is 0. The maximum absolute atomic E-state index is 12.7.